The highest BCUT2D eigenvalue weighted by molar-refractivity contribution is 5.65. The normalized spacial score (nSPS) is 15.8. The van der Waals surface area contributed by atoms with Crippen LogP contribution in [0.25, 0.3) is 17.8 Å². The van der Waals surface area contributed by atoms with Crippen LogP contribution in [0.1, 0.15) is 53.1 Å². The summed E-state index contributed by atoms with van der Waals surface area (Å²) in [6.07, 6.45) is 8.71. The molecule has 1 aliphatic rings. The van der Waals surface area contributed by atoms with Gasteiger partial charge in [0.15, 0.2) is 23.3 Å². The van der Waals surface area contributed by atoms with Gasteiger partial charge in [-0.3, -0.25) is 4.98 Å². The fourth-order valence-corrected chi connectivity index (χ4v) is 4.18. The Morgan fingerprint density at radius 1 is 1.03 bits per heavy atom. The van der Waals surface area contributed by atoms with Gasteiger partial charge in [0.2, 0.25) is 0 Å². The molecule has 0 radical (unpaired) electrons. The Hall–Kier alpha value is -3.75. The second-order valence-electron chi connectivity index (χ2n) is 8.14. The topological polar surface area (TPSA) is 61.4 Å². The fourth-order valence-electron chi connectivity index (χ4n) is 4.18. The number of imidazole rings is 1. The van der Waals surface area contributed by atoms with Crippen molar-refractivity contribution in [2.24, 2.45) is 0 Å². The number of halogens is 3. The van der Waals surface area contributed by atoms with Crippen LogP contribution in [0.4, 0.5) is 13.2 Å². The van der Waals surface area contributed by atoms with Crippen LogP contribution in [0, 0.1) is 31.3 Å². The van der Waals surface area contributed by atoms with E-state index in [0.29, 0.717) is 30.2 Å². The summed E-state index contributed by atoms with van der Waals surface area (Å²) in [4.78, 5) is 13.5. The number of fused-ring (bicyclic) bond motifs is 1. The molecule has 6 nitrogen and oxygen atoms in total. The van der Waals surface area contributed by atoms with Gasteiger partial charge < -0.3 is 4.57 Å². The van der Waals surface area contributed by atoms with Crippen LogP contribution in [-0.2, 0) is 6.54 Å². The van der Waals surface area contributed by atoms with Crippen LogP contribution in [0.3, 0.4) is 0 Å². The van der Waals surface area contributed by atoms with Crippen LogP contribution in [0.5, 0.6) is 0 Å². The van der Waals surface area contributed by atoms with E-state index in [-0.39, 0.29) is 5.92 Å². The summed E-state index contributed by atoms with van der Waals surface area (Å²) in [6.45, 7) is 4.53. The van der Waals surface area contributed by atoms with E-state index >= 15 is 0 Å². The second kappa shape index (κ2) is 8.31. The number of aryl methyl sites for hydroxylation is 3. The van der Waals surface area contributed by atoms with E-state index in [0.717, 1.165) is 41.3 Å². The third-order valence-electron chi connectivity index (χ3n) is 5.77. The molecule has 0 saturated carbocycles. The lowest BCUT2D eigenvalue weighted by atomic mass is 9.91. The van der Waals surface area contributed by atoms with Gasteiger partial charge in [-0.2, -0.15) is 5.10 Å². The Balaban J connectivity index is 1.40. The molecule has 5 rings (SSSR count). The Bertz CT molecular complexity index is 1350. The summed E-state index contributed by atoms with van der Waals surface area (Å²) in [5, 5.41) is 4.51. The first-order valence-electron chi connectivity index (χ1n) is 10.6. The SMILES string of the molecule is Cc1cn(-c2ccc(/C=C/c3nc4n(n3)CCC[C@@H]4c3cc(F)c(F)c(F)c3)nc2C)cn1. The summed E-state index contributed by atoms with van der Waals surface area (Å²) >= 11 is 0. The number of pyridine rings is 1. The molecule has 0 bridgehead atoms. The molecule has 4 heterocycles. The quantitative estimate of drug-likeness (QED) is 0.411. The lowest BCUT2D eigenvalue weighted by Crippen LogP contribution is -2.18. The molecule has 9 heteroatoms. The average molecular weight is 450 g/mol. The summed E-state index contributed by atoms with van der Waals surface area (Å²) in [6, 6.07) is 5.96. The molecule has 0 aliphatic carbocycles. The highest BCUT2D eigenvalue weighted by Crippen LogP contribution is 2.33. The van der Waals surface area contributed by atoms with E-state index in [2.05, 4.69) is 20.1 Å². The summed E-state index contributed by atoms with van der Waals surface area (Å²) < 4.78 is 44.6. The Kier molecular flexibility index (Phi) is 5.32. The van der Waals surface area contributed by atoms with Crippen molar-refractivity contribution in [1.29, 1.82) is 0 Å². The largest absolute Gasteiger partial charge is 0.304 e. The third-order valence-corrected chi connectivity index (χ3v) is 5.77. The van der Waals surface area contributed by atoms with Crippen molar-refractivity contribution in [1.82, 2.24) is 29.3 Å². The highest BCUT2D eigenvalue weighted by Gasteiger charge is 2.27. The molecule has 0 N–H and O–H groups in total. The molecule has 4 aromatic rings. The monoisotopic (exact) mass is 450 g/mol. The average Bonchev–Trinajstić information content (AvgIpc) is 3.41. The van der Waals surface area contributed by atoms with E-state index < -0.39 is 17.5 Å². The molecule has 1 aliphatic heterocycles. The van der Waals surface area contributed by atoms with E-state index in [9.17, 15) is 13.2 Å². The molecule has 33 heavy (non-hydrogen) atoms. The van der Waals surface area contributed by atoms with Gasteiger partial charge in [0.05, 0.1) is 29.1 Å². The van der Waals surface area contributed by atoms with Crippen molar-refractivity contribution < 1.29 is 13.2 Å². The molecule has 3 aromatic heterocycles. The summed E-state index contributed by atoms with van der Waals surface area (Å²) in [5.74, 6) is -3.11. The van der Waals surface area contributed by atoms with Crippen LogP contribution >= 0.6 is 0 Å². The molecule has 1 atom stereocenters. The second-order valence-corrected chi connectivity index (χ2v) is 8.14. The molecule has 168 valence electrons. The van der Waals surface area contributed by atoms with Gasteiger partial charge in [-0.1, -0.05) is 0 Å². The maximum absolute atomic E-state index is 13.8. The van der Waals surface area contributed by atoms with Gasteiger partial charge in [0, 0.05) is 18.7 Å². The molecular weight excluding hydrogens is 429 g/mol. The molecule has 0 spiro atoms. The van der Waals surface area contributed by atoms with Gasteiger partial charge in [-0.15, -0.1) is 0 Å². The molecular formula is C24H21F3N6. The summed E-state index contributed by atoms with van der Waals surface area (Å²) in [5.41, 5.74) is 3.84. The van der Waals surface area contributed by atoms with Gasteiger partial charge in [0.25, 0.3) is 0 Å². The first kappa shape index (κ1) is 21.1. The number of rotatable bonds is 4. The Morgan fingerprint density at radius 3 is 2.52 bits per heavy atom. The number of benzene rings is 1. The zero-order chi connectivity index (χ0) is 23.1. The molecule has 0 unspecified atom stereocenters. The number of hydrogen-bond acceptors (Lipinski definition) is 4. The van der Waals surface area contributed by atoms with Crippen molar-refractivity contribution in [3.8, 4) is 5.69 Å². The van der Waals surface area contributed by atoms with Gasteiger partial charge in [0.1, 0.15) is 5.82 Å². The molecule has 0 saturated heterocycles. The predicted octanol–water partition coefficient (Wildman–Crippen LogP) is 4.99. The number of nitrogens with zero attached hydrogens (tertiary/aromatic N) is 6. The van der Waals surface area contributed by atoms with Gasteiger partial charge in [-0.25, -0.2) is 27.8 Å². The van der Waals surface area contributed by atoms with Crippen LogP contribution in [0.2, 0.25) is 0 Å². The Morgan fingerprint density at radius 2 is 1.82 bits per heavy atom. The van der Waals surface area contributed by atoms with Gasteiger partial charge in [-0.05, 0) is 68.7 Å². The predicted molar refractivity (Wildman–Crippen MR) is 117 cm³/mol. The maximum atomic E-state index is 13.8. The minimum atomic E-state index is -1.46. The standard InChI is InChI=1S/C24H21F3N6/c1-14-12-32(13-28-14)21-7-5-17(29-15(21)2)6-8-22-30-24-18(4-3-9-33(24)31-22)16-10-19(25)23(27)20(26)11-16/h5-8,10-13,18H,3-4,9H2,1-2H3/b8-6+/t18-/m1/s1. The van der Waals surface area contributed by atoms with Crippen LogP contribution in [-0.4, -0.2) is 29.3 Å². The van der Waals surface area contributed by atoms with E-state index in [1.54, 1.807) is 17.1 Å². The minimum Gasteiger partial charge on any atom is -0.304 e. The van der Waals surface area contributed by atoms with E-state index in [4.69, 9.17) is 0 Å². The summed E-state index contributed by atoms with van der Waals surface area (Å²) in [7, 11) is 0. The van der Waals surface area contributed by atoms with Crippen molar-refractivity contribution in [3.63, 3.8) is 0 Å². The highest BCUT2D eigenvalue weighted by atomic mass is 19.2. The van der Waals surface area contributed by atoms with Crippen LogP contribution in [0.15, 0.2) is 36.8 Å². The maximum Gasteiger partial charge on any atom is 0.194 e. The van der Waals surface area contributed by atoms with Crippen molar-refractivity contribution >= 4 is 12.2 Å². The first-order chi connectivity index (χ1) is 15.9. The van der Waals surface area contributed by atoms with E-state index in [1.807, 2.05) is 42.8 Å². The lowest BCUT2D eigenvalue weighted by Gasteiger charge is -2.22. The third kappa shape index (κ3) is 4.06. The van der Waals surface area contributed by atoms with Crippen molar-refractivity contribution in [3.05, 3.63) is 88.5 Å². The minimum absolute atomic E-state index is 0.351. The molecule has 0 fully saturated rings. The molecule has 0 amide bonds. The lowest BCUT2D eigenvalue weighted by molar-refractivity contribution is 0.427. The van der Waals surface area contributed by atoms with Crippen molar-refractivity contribution in [2.75, 3.05) is 0 Å². The fraction of sp³-hybridized carbons (Fsp3) is 0.250. The molecule has 1 aromatic carbocycles. The zero-order valence-corrected chi connectivity index (χ0v) is 18.1. The van der Waals surface area contributed by atoms with Crippen molar-refractivity contribution in [2.45, 2.75) is 39.2 Å². The van der Waals surface area contributed by atoms with Crippen LogP contribution < -0.4 is 0 Å². The van der Waals surface area contributed by atoms with E-state index in [1.165, 1.54) is 0 Å². The smallest absolute Gasteiger partial charge is 0.194 e. The van der Waals surface area contributed by atoms with Gasteiger partial charge >= 0.3 is 0 Å². The first-order valence-corrected chi connectivity index (χ1v) is 10.6. The Labute approximate surface area is 188 Å². The number of aromatic nitrogens is 6. The number of hydrogen-bond donors (Lipinski definition) is 0. The zero-order valence-electron chi connectivity index (χ0n) is 18.1.